The second-order valence-electron chi connectivity index (χ2n) is 18.5. The predicted molar refractivity (Wildman–Crippen MR) is 251 cm³/mol. The molecule has 2 aliphatic heterocycles. The highest BCUT2D eigenvalue weighted by atomic mass is 19.3. The predicted octanol–water partition coefficient (Wildman–Crippen LogP) is -3.21. The molecule has 27 nitrogen and oxygen atoms in total. The maximum atomic E-state index is 14.6. The first-order chi connectivity index (χ1) is 35.1. The number of aliphatic hydroxyl groups excluding tert-OH is 4. The topological polar surface area (TPSA) is 390 Å². The quantitative estimate of drug-likeness (QED) is 0.0436. The summed E-state index contributed by atoms with van der Waals surface area (Å²) in [5.41, 5.74) is 2.99. The van der Waals surface area contributed by atoms with Crippen LogP contribution in [0.4, 0.5) is 29.2 Å². The Morgan fingerprint density at radius 2 is 1.03 bits per heavy atom. The number of nitrogens with zero attached hydrogens (tertiary/aromatic N) is 5. The second-order valence-corrected chi connectivity index (χ2v) is 18.5. The van der Waals surface area contributed by atoms with Crippen molar-refractivity contribution in [1.29, 1.82) is 0 Å². The highest BCUT2D eigenvalue weighted by Gasteiger charge is 2.60. The first-order valence-corrected chi connectivity index (χ1v) is 23.7. The van der Waals surface area contributed by atoms with Gasteiger partial charge in [-0.1, -0.05) is 27.7 Å². The molecule has 418 valence electrons. The summed E-state index contributed by atoms with van der Waals surface area (Å²) in [5.74, 6) is -15.1. The van der Waals surface area contributed by atoms with E-state index in [2.05, 4.69) is 41.9 Å². The minimum absolute atomic E-state index is 0.0446. The maximum Gasteiger partial charge on any atom is 0.351 e. The number of halogens is 4. The van der Waals surface area contributed by atoms with Crippen LogP contribution < -0.4 is 49.0 Å². The SMILES string of the molecule is CC(C)[C@H](NC(=O)CCN(CCC(=O)N[C@H](C(=O)N[C@@H](C)C(=O)Nc1ccn([C@@H]2O[C@H](CO)[C@@H](O)C2(F)F)c(=O)n1)C(C)C)C(=O)CCCN)C(=O)N[C@@H](C)C(=O)Nc1ccn([C@@H]2O[C@H](CO)[C@@H](O)C2(F)F)c(=O)n1. The first-order valence-electron chi connectivity index (χ1n) is 23.7. The van der Waals surface area contributed by atoms with E-state index in [0.29, 0.717) is 9.13 Å². The lowest BCUT2D eigenvalue weighted by Crippen LogP contribution is -2.54. The number of nitrogens with two attached hydrogens (primary N) is 1. The number of hydrogen-bond donors (Lipinski definition) is 11. The third kappa shape index (κ3) is 15.3. The Morgan fingerprint density at radius 3 is 1.33 bits per heavy atom. The van der Waals surface area contributed by atoms with E-state index in [1.165, 1.54) is 18.7 Å². The molecule has 2 aromatic rings. The molecule has 4 rings (SSSR count). The Morgan fingerprint density at radius 1 is 0.653 bits per heavy atom. The molecule has 2 saturated heterocycles. The molecular weight excluding hydrogens is 1010 g/mol. The van der Waals surface area contributed by atoms with Gasteiger partial charge in [0.15, 0.2) is 12.2 Å². The van der Waals surface area contributed by atoms with Crippen molar-refractivity contribution in [2.24, 2.45) is 17.6 Å². The van der Waals surface area contributed by atoms with E-state index in [1.807, 2.05) is 0 Å². The number of carbonyl (C=O) groups excluding carboxylic acids is 7. The third-order valence-electron chi connectivity index (χ3n) is 12.0. The molecule has 0 unspecified atom stereocenters. The molecule has 10 atom stereocenters. The summed E-state index contributed by atoms with van der Waals surface area (Å²) >= 11 is 0. The Bertz CT molecular complexity index is 2340. The summed E-state index contributed by atoms with van der Waals surface area (Å²) in [6.07, 6.45) is -11.6. The summed E-state index contributed by atoms with van der Waals surface area (Å²) < 4.78 is 69.0. The lowest BCUT2D eigenvalue weighted by Gasteiger charge is -2.26. The van der Waals surface area contributed by atoms with Gasteiger partial charge in [0.05, 0.1) is 13.2 Å². The van der Waals surface area contributed by atoms with Crippen molar-refractivity contribution in [3.63, 3.8) is 0 Å². The average molecular weight is 1080 g/mol. The molecule has 2 fully saturated rings. The number of carbonyl (C=O) groups is 7. The molecule has 7 amide bonds. The van der Waals surface area contributed by atoms with Crippen molar-refractivity contribution in [3.8, 4) is 0 Å². The van der Waals surface area contributed by atoms with Crippen LogP contribution in [0.25, 0.3) is 0 Å². The normalized spacial score (nSPS) is 22.4. The lowest BCUT2D eigenvalue weighted by molar-refractivity contribution is -0.141. The molecule has 4 heterocycles. The standard InChI is InChI=1S/C44H64F4N12O15/c1-20(2)31(37(70)50-22(5)35(68)52-26-9-16-59(41(72)54-26)39-43(45,46)33(66)24(18-61)74-39)56-28(63)11-14-58(30(65)8-7-13-49)15-12-29(64)57-32(21(3)4)38(71)51-23(6)36(69)53-27-10-17-60(42(73)55-27)40-44(47,48)34(67)25(19-62)75-40/h9-10,16-17,20-25,31-34,39-40,61-62,66-67H,7-8,11-15,18-19,49H2,1-6H3,(H,50,70)(H,51,71)(H,56,63)(H,57,64)(H,52,54,68,72)(H,53,55,69,73)/t22-,23-,24+,25+,31-,32-,33+,34+,39+,40+/m0/s1. The molecule has 75 heavy (non-hydrogen) atoms. The van der Waals surface area contributed by atoms with Crippen molar-refractivity contribution in [2.75, 3.05) is 43.5 Å². The summed E-state index contributed by atoms with van der Waals surface area (Å²) in [6.45, 7) is 6.71. The summed E-state index contributed by atoms with van der Waals surface area (Å²) in [6, 6.07) is -3.09. The number of ether oxygens (including phenoxy) is 2. The molecule has 0 bridgehead atoms. The summed E-state index contributed by atoms with van der Waals surface area (Å²) in [5, 5.41) is 52.6. The Labute approximate surface area is 425 Å². The maximum absolute atomic E-state index is 14.6. The van der Waals surface area contributed by atoms with Crippen LogP contribution in [0.2, 0.25) is 0 Å². The zero-order chi connectivity index (χ0) is 56.3. The van der Waals surface area contributed by atoms with Gasteiger partial charge in [-0.2, -0.15) is 27.5 Å². The van der Waals surface area contributed by atoms with E-state index in [0.717, 1.165) is 24.5 Å². The van der Waals surface area contributed by atoms with E-state index in [-0.39, 0.29) is 45.3 Å². The van der Waals surface area contributed by atoms with Gasteiger partial charge in [-0.15, -0.1) is 0 Å². The summed E-state index contributed by atoms with van der Waals surface area (Å²) in [4.78, 5) is 126. The van der Waals surface area contributed by atoms with Crippen LogP contribution in [0, 0.1) is 11.8 Å². The van der Waals surface area contributed by atoms with Crippen molar-refractivity contribution < 1.29 is 81.0 Å². The fourth-order valence-corrected chi connectivity index (χ4v) is 7.57. The fraction of sp³-hybridized carbons (Fsp3) is 0.659. The Balaban J connectivity index is 1.29. The van der Waals surface area contributed by atoms with E-state index in [9.17, 15) is 81.1 Å². The number of aromatic nitrogens is 4. The van der Waals surface area contributed by atoms with Gasteiger partial charge in [0.25, 0.3) is 0 Å². The van der Waals surface area contributed by atoms with Crippen LogP contribution in [0.15, 0.2) is 34.1 Å². The number of amides is 7. The Kier molecular flexibility index (Phi) is 21.4. The van der Waals surface area contributed by atoms with Crippen LogP contribution in [0.1, 0.15) is 79.7 Å². The number of rotatable bonds is 25. The molecule has 2 aromatic heterocycles. The molecule has 31 heteroatoms. The van der Waals surface area contributed by atoms with Crippen molar-refractivity contribution in [3.05, 3.63) is 45.5 Å². The highest BCUT2D eigenvalue weighted by molar-refractivity contribution is 5.98. The van der Waals surface area contributed by atoms with Crippen molar-refractivity contribution in [2.45, 2.75) is 140 Å². The second kappa shape index (κ2) is 26.3. The van der Waals surface area contributed by atoms with E-state index >= 15 is 0 Å². The lowest BCUT2D eigenvalue weighted by atomic mass is 10.0. The number of nitrogens with one attached hydrogen (secondary N) is 6. The number of alkyl halides is 4. The number of aliphatic hydroxyl groups is 4. The van der Waals surface area contributed by atoms with Crippen LogP contribution in [0.5, 0.6) is 0 Å². The van der Waals surface area contributed by atoms with Crippen molar-refractivity contribution in [1.82, 2.24) is 45.3 Å². The van der Waals surface area contributed by atoms with Gasteiger partial charge in [-0.05, 0) is 50.8 Å². The molecule has 0 saturated carbocycles. The molecule has 12 N–H and O–H groups in total. The Hall–Kier alpha value is -6.51. The van der Waals surface area contributed by atoms with Gasteiger partial charge in [0.1, 0.15) is 48.0 Å². The molecule has 2 aliphatic rings. The van der Waals surface area contributed by atoms with E-state index in [1.54, 1.807) is 27.7 Å². The smallest absolute Gasteiger partial charge is 0.351 e. The zero-order valence-electron chi connectivity index (χ0n) is 41.7. The average Bonchev–Trinajstić information content (AvgIpc) is 3.71. The van der Waals surface area contributed by atoms with Crippen molar-refractivity contribution >= 4 is 53.0 Å². The minimum Gasteiger partial charge on any atom is -0.394 e. The largest absolute Gasteiger partial charge is 0.394 e. The highest BCUT2D eigenvalue weighted by Crippen LogP contribution is 2.43. The van der Waals surface area contributed by atoms with Crippen LogP contribution in [0.3, 0.4) is 0 Å². The van der Waals surface area contributed by atoms with Gasteiger partial charge in [-0.3, -0.25) is 42.7 Å². The van der Waals surface area contributed by atoms with Gasteiger partial charge < -0.3 is 72.4 Å². The molecule has 0 aliphatic carbocycles. The third-order valence-corrected chi connectivity index (χ3v) is 12.0. The van der Waals surface area contributed by atoms with Gasteiger partial charge in [0, 0.05) is 44.7 Å². The van der Waals surface area contributed by atoms with Crippen LogP contribution in [-0.4, -0.2) is 179 Å². The molecular formula is C44H64F4N12O15. The minimum atomic E-state index is -3.98. The summed E-state index contributed by atoms with van der Waals surface area (Å²) in [7, 11) is 0. The number of anilines is 2. The van der Waals surface area contributed by atoms with Gasteiger partial charge in [-0.25, -0.2) is 9.59 Å². The van der Waals surface area contributed by atoms with E-state index in [4.69, 9.17) is 15.2 Å². The zero-order valence-corrected chi connectivity index (χ0v) is 41.7. The van der Waals surface area contributed by atoms with Crippen LogP contribution >= 0.6 is 0 Å². The monoisotopic (exact) mass is 1080 g/mol. The molecule has 0 aromatic carbocycles. The van der Waals surface area contributed by atoms with Crippen LogP contribution in [-0.2, 0) is 43.0 Å². The fourth-order valence-electron chi connectivity index (χ4n) is 7.57. The van der Waals surface area contributed by atoms with Gasteiger partial charge >= 0.3 is 23.2 Å². The number of hydrogen-bond acceptors (Lipinski definition) is 18. The van der Waals surface area contributed by atoms with Gasteiger partial charge in [0.2, 0.25) is 53.8 Å². The molecule has 0 spiro atoms. The first kappa shape index (κ1) is 61.0. The van der Waals surface area contributed by atoms with E-state index < -0.39 is 162 Å². The molecule has 0 radical (unpaired) electrons.